The number of aryl methyl sites for hydroxylation is 1. The van der Waals surface area contributed by atoms with Gasteiger partial charge in [-0.15, -0.1) is 10.2 Å². The molecule has 2 fully saturated rings. The van der Waals surface area contributed by atoms with Crippen molar-refractivity contribution in [1.29, 1.82) is 0 Å². The number of anilines is 1. The average molecular weight is 415 g/mol. The Hall–Kier alpha value is -1.99. The number of benzene rings is 1. The molecule has 1 saturated heterocycles. The molecule has 8 heteroatoms. The van der Waals surface area contributed by atoms with Gasteiger partial charge in [0.05, 0.1) is 11.4 Å². The molecule has 1 aromatic carbocycles. The molecule has 0 amide bonds. The van der Waals surface area contributed by atoms with Crippen LogP contribution in [0.15, 0.2) is 35.5 Å². The van der Waals surface area contributed by atoms with E-state index in [9.17, 15) is 0 Å². The number of rotatable bonds is 6. The standard InChI is InChI=1S/C20H23ClN6S/c1-14-17(18(21)27(24-14)16-7-3-2-4-8-16)13-28-20-23-22-19(25-11-5-6-12-25)26(20)15-9-10-15/h2-4,7-8,15H,5-6,9-13H2,1H3. The maximum absolute atomic E-state index is 6.69. The molecular formula is C20H23ClN6S. The third kappa shape index (κ3) is 3.31. The summed E-state index contributed by atoms with van der Waals surface area (Å²) in [5.41, 5.74) is 2.99. The van der Waals surface area contributed by atoms with Gasteiger partial charge >= 0.3 is 0 Å². The molecule has 0 radical (unpaired) electrons. The topological polar surface area (TPSA) is 51.8 Å². The number of aromatic nitrogens is 5. The summed E-state index contributed by atoms with van der Waals surface area (Å²) >= 11 is 8.40. The van der Waals surface area contributed by atoms with Crippen molar-refractivity contribution in [1.82, 2.24) is 24.5 Å². The number of nitrogens with zero attached hydrogens (tertiary/aromatic N) is 6. The van der Waals surface area contributed by atoms with Crippen LogP contribution in [0.1, 0.15) is 43.0 Å². The van der Waals surface area contributed by atoms with Gasteiger partial charge in [0.25, 0.3) is 0 Å². The quantitative estimate of drug-likeness (QED) is 0.549. The lowest BCUT2D eigenvalue weighted by molar-refractivity contribution is 0.651. The Morgan fingerprint density at radius 3 is 2.57 bits per heavy atom. The highest BCUT2D eigenvalue weighted by Crippen LogP contribution is 2.42. The first-order valence-corrected chi connectivity index (χ1v) is 11.2. The van der Waals surface area contributed by atoms with E-state index in [4.69, 9.17) is 11.6 Å². The van der Waals surface area contributed by atoms with E-state index in [1.54, 1.807) is 11.8 Å². The van der Waals surface area contributed by atoms with Crippen LogP contribution in [-0.2, 0) is 5.75 Å². The second-order valence-electron chi connectivity index (χ2n) is 7.47. The van der Waals surface area contributed by atoms with E-state index in [-0.39, 0.29) is 0 Å². The summed E-state index contributed by atoms with van der Waals surface area (Å²) in [6.45, 7) is 4.19. The number of halogens is 1. The predicted molar refractivity (Wildman–Crippen MR) is 113 cm³/mol. The zero-order chi connectivity index (χ0) is 19.1. The van der Waals surface area contributed by atoms with Gasteiger partial charge in [-0.2, -0.15) is 5.10 Å². The molecule has 0 atom stereocenters. The largest absolute Gasteiger partial charge is 0.341 e. The summed E-state index contributed by atoms with van der Waals surface area (Å²) in [4.78, 5) is 2.38. The molecule has 3 aromatic rings. The molecule has 0 spiro atoms. The molecule has 0 bridgehead atoms. The molecular weight excluding hydrogens is 392 g/mol. The minimum atomic E-state index is 0.553. The maximum Gasteiger partial charge on any atom is 0.228 e. The predicted octanol–water partition coefficient (Wildman–Crippen LogP) is 4.65. The molecule has 0 N–H and O–H groups in total. The zero-order valence-electron chi connectivity index (χ0n) is 15.9. The van der Waals surface area contributed by atoms with Gasteiger partial charge in [-0.3, -0.25) is 4.57 Å². The first kappa shape index (κ1) is 18.1. The average Bonchev–Trinajstić information content (AvgIpc) is 3.13. The van der Waals surface area contributed by atoms with Crippen molar-refractivity contribution < 1.29 is 0 Å². The number of hydrogen-bond acceptors (Lipinski definition) is 5. The molecule has 1 aliphatic heterocycles. The van der Waals surface area contributed by atoms with Crippen LogP contribution in [0, 0.1) is 6.92 Å². The Bertz CT molecular complexity index is 972. The summed E-state index contributed by atoms with van der Waals surface area (Å²) in [7, 11) is 0. The third-order valence-corrected chi connectivity index (χ3v) is 6.77. The van der Waals surface area contributed by atoms with Crippen molar-refractivity contribution in [3.05, 3.63) is 46.7 Å². The van der Waals surface area contributed by atoms with Gasteiger partial charge in [-0.1, -0.05) is 41.6 Å². The molecule has 1 aliphatic carbocycles. The highest BCUT2D eigenvalue weighted by atomic mass is 35.5. The molecule has 146 valence electrons. The van der Waals surface area contributed by atoms with Crippen LogP contribution in [0.3, 0.4) is 0 Å². The Morgan fingerprint density at radius 1 is 1.11 bits per heavy atom. The van der Waals surface area contributed by atoms with Crippen molar-refractivity contribution in [2.24, 2.45) is 0 Å². The monoisotopic (exact) mass is 414 g/mol. The Balaban J connectivity index is 1.39. The van der Waals surface area contributed by atoms with E-state index in [0.29, 0.717) is 11.2 Å². The summed E-state index contributed by atoms with van der Waals surface area (Å²) in [6.07, 6.45) is 4.93. The van der Waals surface area contributed by atoms with Crippen molar-refractivity contribution in [2.75, 3.05) is 18.0 Å². The summed E-state index contributed by atoms with van der Waals surface area (Å²) < 4.78 is 4.16. The molecule has 6 nitrogen and oxygen atoms in total. The van der Waals surface area contributed by atoms with Gasteiger partial charge in [0.15, 0.2) is 5.16 Å². The minimum Gasteiger partial charge on any atom is -0.341 e. The molecule has 3 heterocycles. The molecule has 2 aromatic heterocycles. The van der Waals surface area contributed by atoms with Gasteiger partial charge in [-0.25, -0.2) is 4.68 Å². The minimum absolute atomic E-state index is 0.553. The van der Waals surface area contributed by atoms with Gasteiger partial charge in [0, 0.05) is 30.4 Å². The number of thioether (sulfide) groups is 1. The van der Waals surface area contributed by atoms with Crippen molar-refractivity contribution in [3.8, 4) is 5.69 Å². The van der Waals surface area contributed by atoms with E-state index >= 15 is 0 Å². The lowest BCUT2D eigenvalue weighted by Crippen LogP contribution is -2.22. The van der Waals surface area contributed by atoms with E-state index in [1.807, 2.05) is 41.9 Å². The van der Waals surface area contributed by atoms with E-state index in [0.717, 1.165) is 46.9 Å². The van der Waals surface area contributed by atoms with Crippen LogP contribution in [0.2, 0.25) is 5.15 Å². The summed E-state index contributed by atoms with van der Waals surface area (Å²) in [5.74, 6) is 1.79. The lowest BCUT2D eigenvalue weighted by atomic mass is 10.3. The van der Waals surface area contributed by atoms with Gasteiger partial charge < -0.3 is 4.90 Å². The van der Waals surface area contributed by atoms with Crippen LogP contribution in [0.4, 0.5) is 5.95 Å². The fourth-order valence-electron chi connectivity index (χ4n) is 3.73. The number of para-hydroxylation sites is 1. The second kappa shape index (κ2) is 7.44. The fraction of sp³-hybridized carbons (Fsp3) is 0.450. The smallest absolute Gasteiger partial charge is 0.228 e. The molecule has 0 unspecified atom stereocenters. The Labute approximate surface area is 173 Å². The second-order valence-corrected chi connectivity index (χ2v) is 8.77. The highest BCUT2D eigenvalue weighted by Gasteiger charge is 2.32. The lowest BCUT2D eigenvalue weighted by Gasteiger charge is -2.17. The molecule has 2 aliphatic rings. The fourth-order valence-corrected chi connectivity index (χ4v) is 5.23. The molecule has 1 saturated carbocycles. The molecule has 28 heavy (non-hydrogen) atoms. The Kier molecular flexibility index (Phi) is 4.80. The maximum atomic E-state index is 6.69. The third-order valence-electron chi connectivity index (χ3n) is 5.42. The SMILES string of the molecule is Cc1nn(-c2ccccc2)c(Cl)c1CSc1nnc(N2CCCC2)n1C1CC1. The number of hydrogen-bond donors (Lipinski definition) is 0. The van der Waals surface area contributed by atoms with Crippen molar-refractivity contribution >= 4 is 29.3 Å². The van der Waals surface area contributed by atoms with E-state index in [2.05, 4.69) is 24.8 Å². The summed E-state index contributed by atoms with van der Waals surface area (Å²) in [6, 6.07) is 10.6. The normalized spacial score (nSPS) is 16.9. The van der Waals surface area contributed by atoms with Crippen LogP contribution < -0.4 is 4.90 Å². The van der Waals surface area contributed by atoms with Crippen LogP contribution >= 0.6 is 23.4 Å². The zero-order valence-corrected chi connectivity index (χ0v) is 17.5. The molecule has 5 rings (SSSR count). The van der Waals surface area contributed by atoms with Crippen LogP contribution in [0.25, 0.3) is 5.69 Å². The van der Waals surface area contributed by atoms with Crippen LogP contribution in [0.5, 0.6) is 0 Å². The van der Waals surface area contributed by atoms with Crippen molar-refractivity contribution in [3.63, 3.8) is 0 Å². The van der Waals surface area contributed by atoms with E-state index in [1.165, 1.54) is 25.7 Å². The summed E-state index contributed by atoms with van der Waals surface area (Å²) in [5, 5.41) is 15.4. The van der Waals surface area contributed by atoms with Gasteiger partial charge in [0.1, 0.15) is 5.15 Å². The highest BCUT2D eigenvalue weighted by molar-refractivity contribution is 7.98. The van der Waals surface area contributed by atoms with Crippen LogP contribution in [-0.4, -0.2) is 37.6 Å². The first-order valence-electron chi connectivity index (χ1n) is 9.84. The van der Waals surface area contributed by atoms with Gasteiger partial charge in [0.2, 0.25) is 5.95 Å². The first-order chi connectivity index (χ1) is 13.7. The van der Waals surface area contributed by atoms with Crippen molar-refractivity contribution in [2.45, 2.75) is 49.6 Å². The Morgan fingerprint density at radius 2 is 1.86 bits per heavy atom. The van der Waals surface area contributed by atoms with E-state index < -0.39 is 0 Å². The van der Waals surface area contributed by atoms with Gasteiger partial charge in [-0.05, 0) is 44.7 Å².